The van der Waals surface area contributed by atoms with Crippen LogP contribution in [0, 0.1) is 5.82 Å². The number of rotatable bonds is 4. The lowest BCUT2D eigenvalue weighted by atomic mass is 10.0. The van der Waals surface area contributed by atoms with Gasteiger partial charge in [-0.2, -0.15) is 0 Å². The maximum absolute atomic E-state index is 13.5. The third-order valence-electron chi connectivity index (χ3n) is 3.49. The van der Waals surface area contributed by atoms with Crippen LogP contribution in [0.2, 0.25) is 0 Å². The van der Waals surface area contributed by atoms with Crippen LogP contribution >= 0.6 is 0 Å². The third kappa shape index (κ3) is 3.79. The van der Waals surface area contributed by atoms with Crippen molar-refractivity contribution in [3.8, 4) is 0 Å². The Morgan fingerprint density at radius 3 is 2.94 bits per heavy atom. The van der Waals surface area contributed by atoms with Crippen molar-refractivity contribution in [2.75, 3.05) is 6.61 Å². The Morgan fingerprint density at radius 1 is 1.44 bits per heavy atom. The van der Waals surface area contributed by atoms with Crippen LogP contribution in [0.15, 0.2) is 24.3 Å². The normalized spacial score (nSPS) is 25.9. The van der Waals surface area contributed by atoms with E-state index in [2.05, 4.69) is 19.2 Å². The highest BCUT2D eigenvalue weighted by molar-refractivity contribution is 5.18. The quantitative estimate of drug-likeness (QED) is 0.888. The smallest absolute Gasteiger partial charge is 0.126 e. The van der Waals surface area contributed by atoms with E-state index >= 15 is 0 Å². The summed E-state index contributed by atoms with van der Waals surface area (Å²) in [6.07, 6.45) is 3.16. The van der Waals surface area contributed by atoms with Gasteiger partial charge in [0.2, 0.25) is 0 Å². The van der Waals surface area contributed by atoms with E-state index in [0.29, 0.717) is 12.1 Å². The zero-order valence-electron chi connectivity index (χ0n) is 11.2. The molecule has 1 aliphatic rings. The summed E-state index contributed by atoms with van der Waals surface area (Å²) >= 11 is 0. The molecule has 18 heavy (non-hydrogen) atoms. The van der Waals surface area contributed by atoms with E-state index in [0.717, 1.165) is 31.4 Å². The van der Waals surface area contributed by atoms with Crippen LogP contribution in [0.5, 0.6) is 0 Å². The second-order valence-electron chi connectivity index (χ2n) is 5.27. The predicted octanol–water partition coefficient (Wildman–Crippen LogP) is 2.91. The molecule has 3 unspecified atom stereocenters. The van der Waals surface area contributed by atoms with Crippen LogP contribution in [-0.2, 0) is 11.2 Å². The average Bonchev–Trinajstić information content (AvgIpc) is 2.32. The van der Waals surface area contributed by atoms with Gasteiger partial charge in [-0.3, -0.25) is 0 Å². The Kier molecular flexibility index (Phi) is 4.72. The number of hydrogen-bond acceptors (Lipinski definition) is 2. The Balaban J connectivity index is 1.85. The van der Waals surface area contributed by atoms with Crippen molar-refractivity contribution >= 4 is 0 Å². The molecule has 0 bridgehead atoms. The maximum atomic E-state index is 13.5. The van der Waals surface area contributed by atoms with Gasteiger partial charge in [0.05, 0.1) is 6.10 Å². The van der Waals surface area contributed by atoms with E-state index in [1.54, 1.807) is 6.07 Å². The SMILES string of the molecule is CC(Cc1ccccc1F)NC1CCOC(C)C1. The average molecular weight is 251 g/mol. The number of benzene rings is 1. The van der Waals surface area contributed by atoms with Gasteiger partial charge in [0.25, 0.3) is 0 Å². The number of nitrogens with one attached hydrogen (secondary N) is 1. The second-order valence-corrected chi connectivity index (χ2v) is 5.27. The molecule has 2 nitrogen and oxygen atoms in total. The van der Waals surface area contributed by atoms with Gasteiger partial charge in [-0.1, -0.05) is 18.2 Å². The minimum atomic E-state index is -0.105. The number of hydrogen-bond donors (Lipinski definition) is 1. The summed E-state index contributed by atoms with van der Waals surface area (Å²) in [6.45, 7) is 5.05. The van der Waals surface area contributed by atoms with Gasteiger partial charge in [0.1, 0.15) is 5.82 Å². The molecule has 0 spiro atoms. The van der Waals surface area contributed by atoms with E-state index < -0.39 is 0 Å². The standard InChI is InChI=1S/C15H22FNO/c1-11(9-13-5-3-4-6-15(13)16)17-14-7-8-18-12(2)10-14/h3-6,11-12,14,17H,7-10H2,1-2H3. The molecule has 1 aromatic rings. The topological polar surface area (TPSA) is 21.3 Å². The molecule has 0 aromatic heterocycles. The second kappa shape index (κ2) is 6.30. The fourth-order valence-corrected chi connectivity index (χ4v) is 2.60. The first-order valence-electron chi connectivity index (χ1n) is 6.76. The van der Waals surface area contributed by atoms with Crippen LogP contribution in [0.3, 0.4) is 0 Å². The summed E-state index contributed by atoms with van der Waals surface area (Å²) in [6, 6.07) is 7.80. The van der Waals surface area contributed by atoms with Gasteiger partial charge >= 0.3 is 0 Å². The van der Waals surface area contributed by atoms with E-state index in [4.69, 9.17) is 4.74 Å². The highest BCUT2D eigenvalue weighted by Gasteiger charge is 2.20. The van der Waals surface area contributed by atoms with E-state index in [1.165, 1.54) is 6.07 Å². The van der Waals surface area contributed by atoms with Crippen molar-refractivity contribution in [1.82, 2.24) is 5.32 Å². The molecule has 3 atom stereocenters. The highest BCUT2D eigenvalue weighted by Crippen LogP contribution is 2.15. The minimum absolute atomic E-state index is 0.105. The van der Waals surface area contributed by atoms with Crippen LogP contribution in [0.1, 0.15) is 32.3 Å². The Morgan fingerprint density at radius 2 is 2.22 bits per heavy atom. The van der Waals surface area contributed by atoms with Crippen LogP contribution in [0.4, 0.5) is 4.39 Å². The van der Waals surface area contributed by atoms with Gasteiger partial charge in [-0.15, -0.1) is 0 Å². The molecule has 1 heterocycles. The Hall–Kier alpha value is -0.930. The zero-order valence-corrected chi connectivity index (χ0v) is 11.2. The van der Waals surface area contributed by atoms with Gasteiger partial charge in [-0.05, 0) is 44.7 Å². The van der Waals surface area contributed by atoms with Gasteiger partial charge in [-0.25, -0.2) is 4.39 Å². The largest absolute Gasteiger partial charge is 0.378 e. The van der Waals surface area contributed by atoms with Crippen molar-refractivity contribution < 1.29 is 9.13 Å². The Labute approximate surface area is 109 Å². The van der Waals surface area contributed by atoms with Crippen molar-refractivity contribution in [2.24, 2.45) is 0 Å². The molecule has 1 N–H and O–H groups in total. The first-order valence-corrected chi connectivity index (χ1v) is 6.76. The molecule has 1 saturated heterocycles. The van der Waals surface area contributed by atoms with Gasteiger partial charge in [0.15, 0.2) is 0 Å². The summed E-state index contributed by atoms with van der Waals surface area (Å²) in [5.41, 5.74) is 0.789. The number of ether oxygens (including phenoxy) is 1. The summed E-state index contributed by atoms with van der Waals surface area (Å²) < 4.78 is 19.1. The van der Waals surface area contributed by atoms with Crippen molar-refractivity contribution in [3.05, 3.63) is 35.6 Å². The summed E-state index contributed by atoms with van der Waals surface area (Å²) in [5.74, 6) is -0.105. The molecule has 1 aliphatic heterocycles. The lowest BCUT2D eigenvalue weighted by molar-refractivity contribution is 0.0116. The number of halogens is 1. The van der Waals surface area contributed by atoms with E-state index in [9.17, 15) is 4.39 Å². The fraction of sp³-hybridized carbons (Fsp3) is 0.600. The van der Waals surface area contributed by atoms with Gasteiger partial charge < -0.3 is 10.1 Å². The lowest BCUT2D eigenvalue weighted by Crippen LogP contribution is -2.43. The lowest BCUT2D eigenvalue weighted by Gasteiger charge is -2.30. The van der Waals surface area contributed by atoms with E-state index in [-0.39, 0.29) is 11.9 Å². The van der Waals surface area contributed by atoms with Crippen molar-refractivity contribution in [3.63, 3.8) is 0 Å². The first kappa shape index (κ1) is 13.5. The molecule has 1 fully saturated rings. The maximum Gasteiger partial charge on any atom is 0.126 e. The molecular formula is C15H22FNO. The molecule has 2 rings (SSSR count). The molecule has 0 radical (unpaired) electrons. The molecule has 100 valence electrons. The van der Waals surface area contributed by atoms with Crippen LogP contribution < -0.4 is 5.32 Å². The van der Waals surface area contributed by atoms with Gasteiger partial charge in [0, 0.05) is 18.7 Å². The first-order chi connectivity index (χ1) is 8.65. The van der Waals surface area contributed by atoms with Crippen LogP contribution in [-0.4, -0.2) is 24.8 Å². The van der Waals surface area contributed by atoms with Crippen LogP contribution in [0.25, 0.3) is 0 Å². The molecular weight excluding hydrogens is 229 g/mol. The van der Waals surface area contributed by atoms with Crippen molar-refractivity contribution in [2.45, 2.75) is 51.3 Å². The summed E-state index contributed by atoms with van der Waals surface area (Å²) in [4.78, 5) is 0. The zero-order chi connectivity index (χ0) is 13.0. The third-order valence-corrected chi connectivity index (χ3v) is 3.49. The summed E-state index contributed by atoms with van der Waals surface area (Å²) in [5, 5.41) is 3.58. The minimum Gasteiger partial charge on any atom is -0.378 e. The Bertz CT molecular complexity index is 383. The summed E-state index contributed by atoms with van der Waals surface area (Å²) in [7, 11) is 0. The van der Waals surface area contributed by atoms with E-state index in [1.807, 2.05) is 12.1 Å². The highest BCUT2D eigenvalue weighted by atomic mass is 19.1. The predicted molar refractivity (Wildman–Crippen MR) is 71.1 cm³/mol. The molecule has 0 saturated carbocycles. The molecule has 3 heteroatoms. The monoisotopic (exact) mass is 251 g/mol. The van der Waals surface area contributed by atoms with Crippen molar-refractivity contribution in [1.29, 1.82) is 0 Å². The fourth-order valence-electron chi connectivity index (χ4n) is 2.60. The molecule has 0 aliphatic carbocycles. The molecule has 0 amide bonds. The molecule has 1 aromatic carbocycles.